The normalized spacial score (nSPS) is 12.2. The van der Waals surface area contributed by atoms with Crippen molar-refractivity contribution < 1.29 is 4.74 Å². The van der Waals surface area contributed by atoms with Crippen LogP contribution < -0.4 is 10.5 Å². The Kier molecular flexibility index (Phi) is 3.45. The molecule has 0 fully saturated rings. The molecule has 88 valence electrons. The Morgan fingerprint density at radius 2 is 1.71 bits per heavy atom. The van der Waals surface area contributed by atoms with Crippen LogP contribution in [0.4, 0.5) is 0 Å². The average molecular weight is 227 g/mol. The van der Waals surface area contributed by atoms with E-state index in [1.54, 1.807) is 0 Å². The number of benzene rings is 2. The van der Waals surface area contributed by atoms with Gasteiger partial charge in [0.15, 0.2) is 0 Å². The number of rotatable bonds is 3. The molecule has 0 aliphatic heterocycles. The van der Waals surface area contributed by atoms with Gasteiger partial charge in [-0.15, -0.1) is 0 Å². The SMILES string of the molecule is Cc1cccc(Oc2ccc([C@H](C)N)cc2)c1. The van der Waals surface area contributed by atoms with Crippen molar-refractivity contribution in [2.75, 3.05) is 0 Å². The maximum atomic E-state index is 5.80. The average Bonchev–Trinajstić information content (AvgIpc) is 2.29. The molecule has 0 spiro atoms. The minimum atomic E-state index is 0.0584. The Hall–Kier alpha value is -1.80. The van der Waals surface area contributed by atoms with Gasteiger partial charge in [0.05, 0.1) is 0 Å². The summed E-state index contributed by atoms with van der Waals surface area (Å²) in [5.74, 6) is 1.69. The van der Waals surface area contributed by atoms with Crippen molar-refractivity contribution in [2.24, 2.45) is 5.73 Å². The molecule has 2 N–H and O–H groups in total. The van der Waals surface area contributed by atoms with Crippen molar-refractivity contribution in [1.82, 2.24) is 0 Å². The summed E-state index contributed by atoms with van der Waals surface area (Å²) in [6.45, 7) is 4.02. The highest BCUT2D eigenvalue weighted by molar-refractivity contribution is 5.35. The lowest BCUT2D eigenvalue weighted by molar-refractivity contribution is 0.482. The van der Waals surface area contributed by atoms with Gasteiger partial charge in [0.25, 0.3) is 0 Å². The molecule has 0 amide bonds. The fraction of sp³-hybridized carbons (Fsp3) is 0.200. The van der Waals surface area contributed by atoms with E-state index in [0.29, 0.717) is 0 Å². The maximum Gasteiger partial charge on any atom is 0.127 e. The van der Waals surface area contributed by atoms with Crippen LogP contribution in [0, 0.1) is 6.92 Å². The summed E-state index contributed by atoms with van der Waals surface area (Å²) < 4.78 is 5.75. The van der Waals surface area contributed by atoms with E-state index in [1.807, 2.05) is 62.4 Å². The first-order valence-corrected chi connectivity index (χ1v) is 5.75. The smallest absolute Gasteiger partial charge is 0.127 e. The molecule has 2 nitrogen and oxygen atoms in total. The van der Waals surface area contributed by atoms with Gasteiger partial charge in [0, 0.05) is 6.04 Å². The molecule has 17 heavy (non-hydrogen) atoms. The highest BCUT2D eigenvalue weighted by Crippen LogP contribution is 2.23. The molecule has 0 heterocycles. The number of ether oxygens (including phenoxy) is 1. The summed E-state index contributed by atoms with van der Waals surface area (Å²) in [5, 5.41) is 0. The van der Waals surface area contributed by atoms with Gasteiger partial charge in [-0.3, -0.25) is 0 Å². The second-order valence-electron chi connectivity index (χ2n) is 4.28. The van der Waals surface area contributed by atoms with Gasteiger partial charge in [-0.25, -0.2) is 0 Å². The van der Waals surface area contributed by atoms with Crippen LogP contribution in [0.5, 0.6) is 11.5 Å². The lowest BCUT2D eigenvalue weighted by Gasteiger charge is -2.09. The van der Waals surface area contributed by atoms with Crippen LogP contribution in [0.25, 0.3) is 0 Å². The molecule has 0 radical (unpaired) electrons. The third kappa shape index (κ3) is 3.08. The fourth-order valence-electron chi connectivity index (χ4n) is 1.65. The third-order valence-corrected chi connectivity index (χ3v) is 2.63. The Bertz CT molecular complexity index is 489. The Labute approximate surface area is 102 Å². The zero-order valence-electron chi connectivity index (χ0n) is 10.2. The highest BCUT2D eigenvalue weighted by atomic mass is 16.5. The number of hydrogen-bond acceptors (Lipinski definition) is 2. The van der Waals surface area contributed by atoms with E-state index < -0.39 is 0 Å². The maximum absolute atomic E-state index is 5.80. The topological polar surface area (TPSA) is 35.2 Å². The zero-order valence-corrected chi connectivity index (χ0v) is 10.2. The second-order valence-corrected chi connectivity index (χ2v) is 4.28. The van der Waals surface area contributed by atoms with Crippen LogP contribution in [-0.4, -0.2) is 0 Å². The molecule has 0 bridgehead atoms. The Morgan fingerprint density at radius 3 is 2.29 bits per heavy atom. The van der Waals surface area contributed by atoms with Crippen LogP contribution in [0.3, 0.4) is 0 Å². The standard InChI is InChI=1S/C15H17NO/c1-11-4-3-5-15(10-11)17-14-8-6-13(7-9-14)12(2)16/h3-10,12H,16H2,1-2H3/t12-/m0/s1. The van der Waals surface area contributed by atoms with Crippen molar-refractivity contribution in [3.8, 4) is 11.5 Å². The summed E-state index contributed by atoms with van der Waals surface area (Å²) in [6.07, 6.45) is 0. The minimum absolute atomic E-state index is 0.0584. The first kappa shape index (κ1) is 11.7. The fourth-order valence-corrected chi connectivity index (χ4v) is 1.65. The molecule has 2 heteroatoms. The summed E-state index contributed by atoms with van der Waals surface area (Å²) in [5.41, 5.74) is 8.10. The highest BCUT2D eigenvalue weighted by Gasteiger charge is 2.00. The van der Waals surface area contributed by atoms with Gasteiger partial charge in [-0.05, 0) is 49.2 Å². The molecule has 2 aromatic carbocycles. The molecule has 0 aliphatic rings. The quantitative estimate of drug-likeness (QED) is 0.865. The molecule has 0 unspecified atom stereocenters. The van der Waals surface area contributed by atoms with Crippen LogP contribution in [0.2, 0.25) is 0 Å². The van der Waals surface area contributed by atoms with Crippen LogP contribution in [-0.2, 0) is 0 Å². The Morgan fingerprint density at radius 1 is 1.00 bits per heavy atom. The van der Waals surface area contributed by atoms with Crippen molar-refractivity contribution in [3.05, 3.63) is 59.7 Å². The third-order valence-electron chi connectivity index (χ3n) is 2.63. The van der Waals surface area contributed by atoms with E-state index in [1.165, 1.54) is 5.56 Å². The largest absolute Gasteiger partial charge is 0.457 e. The van der Waals surface area contributed by atoms with E-state index >= 15 is 0 Å². The van der Waals surface area contributed by atoms with Gasteiger partial charge < -0.3 is 10.5 Å². The van der Waals surface area contributed by atoms with Crippen LogP contribution in [0.15, 0.2) is 48.5 Å². The van der Waals surface area contributed by atoms with Gasteiger partial charge in [0.1, 0.15) is 11.5 Å². The lowest BCUT2D eigenvalue weighted by atomic mass is 10.1. The van der Waals surface area contributed by atoms with Gasteiger partial charge >= 0.3 is 0 Å². The van der Waals surface area contributed by atoms with Gasteiger partial charge in [0.2, 0.25) is 0 Å². The molecular weight excluding hydrogens is 210 g/mol. The first-order valence-electron chi connectivity index (χ1n) is 5.75. The van der Waals surface area contributed by atoms with E-state index in [-0.39, 0.29) is 6.04 Å². The summed E-state index contributed by atoms with van der Waals surface area (Å²) in [7, 11) is 0. The zero-order chi connectivity index (χ0) is 12.3. The predicted octanol–water partition coefficient (Wildman–Crippen LogP) is 3.81. The molecule has 1 atom stereocenters. The minimum Gasteiger partial charge on any atom is -0.457 e. The van der Waals surface area contributed by atoms with E-state index in [2.05, 4.69) is 0 Å². The van der Waals surface area contributed by atoms with Gasteiger partial charge in [-0.1, -0.05) is 24.3 Å². The predicted molar refractivity (Wildman–Crippen MR) is 70.3 cm³/mol. The van der Waals surface area contributed by atoms with Gasteiger partial charge in [-0.2, -0.15) is 0 Å². The first-order chi connectivity index (χ1) is 8.15. The molecule has 0 aliphatic carbocycles. The van der Waals surface area contributed by atoms with Crippen molar-refractivity contribution in [2.45, 2.75) is 19.9 Å². The van der Waals surface area contributed by atoms with Crippen molar-refractivity contribution >= 4 is 0 Å². The van der Waals surface area contributed by atoms with Crippen molar-refractivity contribution in [3.63, 3.8) is 0 Å². The van der Waals surface area contributed by atoms with E-state index in [9.17, 15) is 0 Å². The van der Waals surface area contributed by atoms with Crippen LogP contribution in [0.1, 0.15) is 24.1 Å². The number of nitrogens with two attached hydrogens (primary N) is 1. The van der Waals surface area contributed by atoms with E-state index in [0.717, 1.165) is 17.1 Å². The number of aryl methyl sites for hydroxylation is 1. The summed E-state index contributed by atoms with van der Waals surface area (Å²) in [6, 6.07) is 15.9. The Balaban J connectivity index is 2.14. The molecule has 0 aromatic heterocycles. The molecule has 0 saturated carbocycles. The molecule has 0 saturated heterocycles. The summed E-state index contributed by atoms with van der Waals surface area (Å²) >= 11 is 0. The van der Waals surface area contributed by atoms with Crippen LogP contribution >= 0.6 is 0 Å². The molecular formula is C15H17NO. The molecule has 2 rings (SSSR count). The van der Waals surface area contributed by atoms with Crippen molar-refractivity contribution in [1.29, 1.82) is 0 Å². The lowest BCUT2D eigenvalue weighted by Crippen LogP contribution is -2.04. The molecule has 2 aromatic rings. The monoisotopic (exact) mass is 227 g/mol. The number of hydrogen-bond donors (Lipinski definition) is 1. The summed E-state index contributed by atoms with van der Waals surface area (Å²) in [4.78, 5) is 0. The second kappa shape index (κ2) is 5.02. The van der Waals surface area contributed by atoms with E-state index in [4.69, 9.17) is 10.5 Å².